The van der Waals surface area contributed by atoms with E-state index in [2.05, 4.69) is 4.74 Å². The van der Waals surface area contributed by atoms with Crippen molar-refractivity contribution in [3.05, 3.63) is 0 Å². The number of halogens is 3. The van der Waals surface area contributed by atoms with E-state index in [1.165, 1.54) is 6.92 Å². The third-order valence-corrected chi connectivity index (χ3v) is 5.16. The molecule has 4 unspecified atom stereocenters. The summed E-state index contributed by atoms with van der Waals surface area (Å²) in [5.74, 6) is -2.31. The normalized spacial score (nSPS) is 17.3. The van der Waals surface area contributed by atoms with E-state index < -0.39 is 41.7 Å². The van der Waals surface area contributed by atoms with Crippen LogP contribution in [0.15, 0.2) is 0 Å². The molecule has 0 amide bonds. The van der Waals surface area contributed by atoms with Crippen LogP contribution in [0.3, 0.4) is 0 Å². The molecular formula is C22H39F3O7. The number of carbonyl (C=O) groups is 2. The smallest absolute Gasteiger partial charge is 0.453 e. The van der Waals surface area contributed by atoms with Crippen LogP contribution in [0.2, 0.25) is 0 Å². The number of hydrogen-bond donors (Lipinski definition) is 0. The zero-order valence-corrected chi connectivity index (χ0v) is 20.6. The number of alkyl halides is 3. The lowest BCUT2D eigenvalue weighted by Gasteiger charge is -2.32. The van der Waals surface area contributed by atoms with Crippen molar-refractivity contribution in [3.8, 4) is 0 Å². The molecule has 0 fully saturated rings. The Morgan fingerprint density at radius 1 is 0.844 bits per heavy atom. The number of hydrogen-bond acceptors (Lipinski definition) is 7. The molecule has 0 saturated heterocycles. The minimum absolute atomic E-state index is 0.00425. The van der Waals surface area contributed by atoms with Crippen molar-refractivity contribution in [2.24, 2.45) is 5.92 Å². The number of carbonyl (C=O) groups excluding carboxylic acids is 2. The summed E-state index contributed by atoms with van der Waals surface area (Å²) in [5, 5.41) is 0. The minimum atomic E-state index is -5.06. The fourth-order valence-electron chi connectivity index (χ4n) is 2.58. The Morgan fingerprint density at radius 3 is 1.88 bits per heavy atom. The Balaban J connectivity index is 4.58. The van der Waals surface area contributed by atoms with Crippen LogP contribution in [0.4, 0.5) is 18.0 Å². The molecule has 0 N–H and O–H groups in total. The lowest BCUT2D eigenvalue weighted by molar-refractivity contribution is -0.215. The van der Waals surface area contributed by atoms with E-state index in [4.69, 9.17) is 18.9 Å². The van der Waals surface area contributed by atoms with E-state index in [9.17, 15) is 22.8 Å². The summed E-state index contributed by atoms with van der Waals surface area (Å²) in [4.78, 5) is 23.3. The van der Waals surface area contributed by atoms with Crippen molar-refractivity contribution in [3.63, 3.8) is 0 Å². The molecule has 0 aromatic carbocycles. The molecule has 0 heterocycles. The van der Waals surface area contributed by atoms with Gasteiger partial charge in [0.05, 0.1) is 25.4 Å². The predicted octanol–water partition coefficient (Wildman–Crippen LogP) is 5.44. The average molecular weight is 473 g/mol. The van der Waals surface area contributed by atoms with Gasteiger partial charge in [0.1, 0.15) is 17.3 Å². The molecule has 0 rings (SSSR count). The van der Waals surface area contributed by atoms with Gasteiger partial charge in [-0.25, -0.2) is 9.59 Å². The van der Waals surface area contributed by atoms with Gasteiger partial charge in [-0.1, -0.05) is 13.8 Å². The van der Waals surface area contributed by atoms with E-state index in [0.717, 1.165) is 0 Å². The molecule has 32 heavy (non-hydrogen) atoms. The highest BCUT2D eigenvalue weighted by atomic mass is 19.4. The standard InChI is InChI=1S/C22H39F3O7/c1-10-21(9,31-18(26)22(23,24)25)11-16(5)29-13-17(6)30-19(27)32-20(7,8)15(4)12-28-14(2)3/h14-17H,10-13H2,1-9H3. The first-order valence-corrected chi connectivity index (χ1v) is 10.8. The van der Waals surface area contributed by atoms with Crippen LogP contribution >= 0.6 is 0 Å². The SMILES string of the molecule is CCC(C)(CC(C)OCC(C)OC(=O)OC(C)(C)C(C)COC(C)C)OC(=O)C(F)(F)F. The Kier molecular flexibility index (Phi) is 12.0. The first-order valence-electron chi connectivity index (χ1n) is 10.8. The first kappa shape index (κ1) is 30.4. The number of esters is 1. The summed E-state index contributed by atoms with van der Waals surface area (Å²) in [6.45, 7) is 16.0. The van der Waals surface area contributed by atoms with E-state index in [1.807, 2.05) is 20.8 Å². The summed E-state index contributed by atoms with van der Waals surface area (Å²) in [7, 11) is 0. The zero-order valence-electron chi connectivity index (χ0n) is 20.6. The first-order chi connectivity index (χ1) is 14.4. The summed E-state index contributed by atoms with van der Waals surface area (Å²) >= 11 is 0. The summed E-state index contributed by atoms with van der Waals surface area (Å²) < 4.78 is 63.9. The van der Waals surface area contributed by atoms with Gasteiger partial charge in [0, 0.05) is 12.3 Å². The van der Waals surface area contributed by atoms with Gasteiger partial charge in [-0.15, -0.1) is 0 Å². The van der Waals surface area contributed by atoms with Crippen LogP contribution in [-0.2, 0) is 28.5 Å². The fourth-order valence-corrected chi connectivity index (χ4v) is 2.58. The molecule has 0 aromatic rings. The Morgan fingerprint density at radius 2 is 1.41 bits per heavy atom. The van der Waals surface area contributed by atoms with Gasteiger partial charge in [0.2, 0.25) is 0 Å². The second-order valence-electron chi connectivity index (χ2n) is 9.21. The third-order valence-electron chi connectivity index (χ3n) is 5.16. The van der Waals surface area contributed by atoms with E-state index in [1.54, 1.807) is 34.6 Å². The topological polar surface area (TPSA) is 80.3 Å². The average Bonchev–Trinajstić information content (AvgIpc) is 2.62. The molecule has 7 nitrogen and oxygen atoms in total. The Bertz CT molecular complexity index is 593. The van der Waals surface area contributed by atoms with Crippen molar-refractivity contribution >= 4 is 12.1 Å². The Hall–Kier alpha value is -1.55. The van der Waals surface area contributed by atoms with Crippen LogP contribution in [0.1, 0.15) is 75.2 Å². The summed E-state index contributed by atoms with van der Waals surface area (Å²) in [6, 6.07) is 0. The molecule has 0 aliphatic carbocycles. The van der Waals surface area contributed by atoms with Crippen molar-refractivity contribution in [2.45, 2.75) is 111 Å². The molecule has 0 spiro atoms. The third kappa shape index (κ3) is 11.9. The van der Waals surface area contributed by atoms with Crippen LogP contribution < -0.4 is 0 Å². The van der Waals surface area contributed by atoms with Gasteiger partial charge >= 0.3 is 18.3 Å². The van der Waals surface area contributed by atoms with Gasteiger partial charge in [-0.2, -0.15) is 13.2 Å². The maximum atomic E-state index is 12.5. The molecule has 0 aromatic heterocycles. The molecule has 4 atom stereocenters. The maximum absolute atomic E-state index is 12.5. The lowest BCUT2D eigenvalue weighted by Crippen LogP contribution is -2.40. The molecule has 0 aliphatic rings. The van der Waals surface area contributed by atoms with Crippen LogP contribution in [0.5, 0.6) is 0 Å². The number of rotatable bonds is 13. The Labute approximate surface area is 189 Å². The monoisotopic (exact) mass is 472 g/mol. The second-order valence-corrected chi connectivity index (χ2v) is 9.21. The highest BCUT2D eigenvalue weighted by molar-refractivity contribution is 5.76. The van der Waals surface area contributed by atoms with Gasteiger partial charge in [-0.3, -0.25) is 0 Å². The van der Waals surface area contributed by atoms with E-state index in [-0.39, 0.29) is 31.5 Å². The molecule has 10 heteroatoms. The predicted molar refractivity (Wildman–Crippen MR) is 112 cm³/mol. The maximum Gasteiger partial charge on any atom is 0.509 e. The van der Waals surface area contributed by atoms with Gasteiger partial charge < -0.3 is 23.7 Å². The van der Waals surface area contributed by atoms with Gasteiger partial charge in [0.15, 0.2) is 0 Å². The number of ether oxygens (including phenoxy) is 5. The van der Waals surface area contributed by atoms with Crippen LogP contribution in [0.25, 0.3) is 0 Å². The molecular weight excluding hydrogens is 433 g/mol. The van der Waals surface area contributed by atoms with Crippen molar-refractivity contribution < 1.29 is 46.4 Å². The highest BCUT2D eigenvalue weighted by Gasteiger charge is 2.45. The molecule has 0 saturated carbocycles. The minimum Gasteiger partial charge on any atom is -0.453 e. The molecule has 0 radical (unpaired) electrons. The van der Waals surface area contributed by atoms with Gasteiger partial charge in [0.25, 0.3) is 0 Å². The van der Waals surface area contributed by atoms with E-state index >= 15 is 0 Å². The van der Waals surface area contributed by atoms with Crippen molar-refractivity contribution in [1.29, 1.82) is 0 Å². The fraction of sp³-hybridized carbons (Fsp3) is 0.909. The summed E-state index contributed by atoms with van der Waals surface area (Å²) in [6.07, 6.45) is -6.84. The van der Waals surface area contributed by atoms with E-state index in [0.29, 0.717) is 6.61 Å². The quantitative estimate of drug-likeness (QED) is 0.330. The summed E-state index contributed by atoms with van der Waals surface area (Å²) in [5.41, 5.74) is -2.15. The highest BCUT2D eigenvalue weighted by Crippen LogP contribution is 2.28. The van der Waals surface area contributed by atoms with Gasteiger partial charge in [-0.05, 0) is 54.9 Å². The van der Waals surface area contributed by atoms with Crippen molar-refractivity contribution in [2.75, 3.05) is 13.2 Å². The van der Waals surface area contributed by atoms with Crippen molar-refractivity contribution in [1.82, 2.24) is 0 Å². The lowest BCUT2D eigenvalue weighted by atomic mass is 9.93. The molecule has 0 bridgehead atoms. The molecule has 0 aliphatic heterocycles. The largest absolute Gasteiger partial charge is 0.509 e. The molecule has 190 valence electrons. The second kappa shape index (κ2) is 12.6. The van der Waals surface area contributed by atoms with Crippen LogP contribution in [0, 0.1) is 5.92 Å². The van der Waals surface area contributed by atoms with Crippen LogP contribution in [-0.4, -0.2) is 61.0 Å². The zero-order chi connectivity index (χ0) is 25.3.